The highest BCUT2D eigenvalue weighted by atomic mass is 16.6. The Morgan fingerprint density at radius 1 is 1.45 bits per heavy atom. The van der Waals surface area contributed by atoms with Gasteiger partial charge in [-0.15, -0.1) is 0 Å². The zero-order valence-electron chi connectivity index (χ0n) is 11.2. The maximum absolute atomic E-state index is 12.2. The molecule has 108 valence electrons. The summed E-state index contributed by atoms with van der Waals surface area (Å²) in [6.07, 6.45) is 0.926. The van der Waals surface area contributed by atoms with Gasteiger partial charge in [-0.25, -0.2) is 0 Å². The smallest absolute Gasteiger partial charge is 0.269 e. The maximum Gasteiger partial charge on any atom is 0.269 e. The normalized spacial score (nSPS) is 17.5. The number of nitrogens with two attached hydrogens (primary N) is 1. The molecule has 0 aromatic heterocycles. The van der Waals surface area contributed by atoms with Crippen molar-refractivity contribution < 1.29 is 14.5 Å². The molecule has 1 aliphatic rings. The van der Waals surface area contributed by atoms with E-state index in [9.17, 15) is 14.9 Å². The minimum atomic E-state index is -0.938. The van der Waals surface area contributed by atoms with Crippen LogP contribution in [-0.2, 0) is 9.53 Å². The molecule has 1 aromatic carbocycles. The average Bonchev–Trinajstić information content (AvgIpc) is 2.41. The predicted octanol–water partition coefficient (Wildman–Crippen LogP) is 1.35. The minimum Gasteiger partial charge on any atom is -0.381 e. The molecule has 1 aliphatic heterocycles. The van der Waals surface area contributed by atoms with Gasteiger partial charge in [-0.2, -0.15) is 0 Å². The van der Waals surface area contributed by atoms with E-state index in [0.29, 0.717) is 37.3 Å². The summed E-state index contributed by atoms with van der Waals surface area (Å²) in [4.78, 5) is 22.4. The lowest BCUT2D eigenvalue weighted by molar-refractivity contribution is -0.384. The molecule has 3 N–H and O–H groups in total. The van der Waals surface area contributed by atoms with Crippen LogP contribution in [0.5, 0.6) is 0 Å². The Morgan fingerprint density at radius 2 is 2.10 bits per heavy atom. The van der Waals surface area contributed by atoms with Crippen molar-refractivity contribution in [3.05, 3.63) is 33.9 Å². The number of nitro benzene ring substituents is 1. The summed E-state index contributed by atoms with van der Waals surface area (Å²) in [5.74, 6) is -0.280. The summed E-state index contributed by atoms with van der Waals surface area (Å²) in [6.45, 7) is 2.63. The number of carbonyl (C=O) groups is 1. The van der Waals surface area contributed by atoms with E-state index in [-0.39, 0.29) is 11.6 Å². The lowest BCUT2D eigenvalue weighted by Gasteiger charge is -2.31. The summed E-state index contributed by atoms with van der Waals surface area (Å²) < 4.78 is 5.20. The van der Waals surface area contributed by atoms with Gasteiger partial charge in [0, 0.05) is 31.0 Å². The number of amides is 1. The van der Waals surface area contributed by atoms with Gasteiger partial charge >= 0.3 is 0 Å². The van der Waals surface area contributed by atoms with Crippen LogP contribution in [0, 0.1) is 17.0 Å². The molecule has 1 heterocycles. The highest BCUT2D eigenvalue weighted by Crippen LogP contribution is 2.24. The van der Waals surface area contributed by atoms with Gasteiger partial charge in [0.25, 0.3) is 5.69 Å². The van der Waals surface area contributed by atoms with Crippen molar-refractivity contribution in [2.24, 2.45) is 5.73 Å². The molecular formula is C13H17N3O4. The number of nitrogens with one attached hydrogen (secondary N) is 1. The van der Waals surface area contributed by atoms with Gasteiger partial charge in [-0.1, -0.05) is 0 Å². The van der Waals surface area contributed by atoms with Crippen molar-refractivity contribution >= 4 is 17.3 Å². The zero-order chi connectivity index (χ0) is 14.8. The topological polar surface area (TPSA) is 107 Å². The molecule has 2 rings (SSSR count). The summed E-state index contributed by atoms with van der Waals surface area (Å²) >= 11 is 0. The second kappa shape index (κ2) is 5.56. The Bertz CT molecular complexity index is 538. The molecule has 1 saturated heterocycles. The van der Waals surface area contributed by atoms with Gasteiger partial charge in [-0.05, 0) is 31.4 Å². The van der Waals surface area contributed by atoms with Crippen molar-refractivity contribution in [1.82, 2.24) is 0 Å². The molecule has 1 aromatic rings. The third kappa shape index (κ3) is 2.94. The number of non-ortho nitro benzene ring substituents is 1. The number of anilines is 1. The van der Waals surface area contributed by atoms with Gasteiger partial charge in [0.2, 0.25) is 5.91 Å². The number of nitrogens with zero attached hydrogens (tertiary/aromatic N) is 1. The molecule has 1 amide bonds. The fourth-order valence-electron chi connectivity index (χ4n) is 2.11. The van der Waals surface area contributed by atoms with Gasteiger partial charge in [0.15, 0.2) is 0 Å². The third-order valence-corrected chi connectivity index (χ3v) is 3.51. The lowest BCUT2D eigenvalue weighted by Crippen LogP contribution is -2.54. The predicted molar refractivity (Wildman–Crippen MR) is 73.4 cm³/mol. The van der Waals surface area contributed by atoms with Gasteiger partial charge in [-0.3, -0.25) is 14.9 Å². The van der Waals surface area contributed by atoms with Crippen LogP contribution in [0.2, 0.25) is 0 Å². The molecule has 7 heteroatoms. The molecule has 20 heavy (non-hydrogen) atoms. The van der Waals surface area contributed by atoms with E-state index >= 15 is 0 Å². The van der Waals surface area contributed by atoms with Gasteiger partial charge in [0.05, 0.1) is 4.92 Å². The Labute approximate surface area is 116 Å². The van der Waals surface area contributed by atoms with E-state index in [4.69, 9.17) is 10.5 Å². The van der Waals surface area contributed by atoms with Crippen molar-refractivity contribution in [3.8, 4) is 0 Å². The first-order valence-electron chi connectivity index (χ1n) is 6.35. The molecular weight excluding hydrogens is 262 g/mol. The van der Waals surface area contributed by atoms with Crippen LogP contribution in [0.3, 0.4) is 0 Å². The summed E-state index contributed by atoms with van der Waals surface area (Å²) in [5, 5.41) is 13.4. The van der Waals surface area contributed by atoms with E-state index in [1.807, 2.05) is 0 Å². The van der Waals surface area contributed by atoms with Crippen molar-refractivity contribution in [2.45, 2.75) is 25.3 Å². The largest absolute Gasteiger partial charge is 0.381 e. The number of nitro groups is 1. The fourth-order valence-corrected chi connectivity index (χ4v) is 2.11. The van der Waals surface area contributed by atoms with Crippen LogP contribution in [0.1, 0.15) is 18.4 Å². The van der Waals surface area contributed by atoms with Crippen LogP contribution < -0.4 is 11.1 Å². The molecule has 0 saturated carbocycles. The molecule has 1 fully saturated rings. The Kier molecular flexibility index (Phi) is 4.01. The quantitative estimate of drug-likeness (QED) is 0.641. The van der Waals surface area contributed by atoms with Crippen LogP contribution >= 0.6 is 0 Å². The zero-order valence-corrected chi connectivity index (χ0v) is 11.2. The fraction of sp³-hybridized carbons (Fsp3) is 0.462. The SMILES string of the molecule is Cc1cc([N+](=O)[O-])ccc1NC(=O)C1(N)CCOCC1. The van der Waals surface area contributed by atoms with E-state index in [1.165, 1.54) is 18.2 Å². The molecule has 0 atom stereocenters. The van der Waals surface area contributed by atoms with E-state index < -0.39 is 10.5 Å². The number of ether oxygens (including phenoxy) is 1. The standard InChI is InChI=1S/C13H17N3O4/c1-9-8-10(16(18)19)2-3-11(9)15-12(17)13(14)4-6-20-7-5-13/h2-3,8H,4-7,14H2,1H3,(H,15,17). The monoisotopic (exact) mass is 279 g/mol. The Morgan fingerprint density at radius 3 is 2.65 bits per heavy atom. The highest BCUT2D eigenvalue weighted by Gasteiger charge is 2.36. The minimum absolute atomic E-state index is 0.00553. The molecule has 0 bridgehead atoms. The molecule has 7 nitrogen and oxygen atoms in total. The van der Waals surface area contributed by atoms with Crippen LogP contribution in [0.25, 0.3) is 0 Å². The Balaban J connectivity index is 2.13. The van der Waals surface area contributed by atoms with Gasteiger partial charge < -0.3 is 15.8 Å². The first-order chi connectivity index (χ1) is 9.42. The molecule has 0 aliphatic carbocycles. The van der Waals surface area contributed by atoms with Crippen molar-refractivity contribution in [1.29, 1.82) is 0 Å². The van der Waals surface area contributed by atoms with Crippen molar-refractivity contribution in [2.75, 3.05) is 18.5 Å². The first-order valence-corrected chi connectivity index (χ1v) is 6.35. The first kappa shape index (κ1) is 14.4. The van der Waals surface area contributed by atoms with Crippen LogP contribution in [-0.4, -0.2) is 29.6 Å². The van der Waals surface area contributed by atoms with E-state index in [0.717, 1.165) is 0 Å². The maximum atomic E-state index is 12.2. The molecule has 0 unspecified atom stereocenters. The highest BCUT2D eigenvalue weighted by molar-refractivity contribution is 5.98. The van der Waals surface area contributed by atoms with E-state index in [2.05, 4.69) is 5.32 Å². The third-order valence-electron chi connectivity index (χ3n) is 3.51. The Hall–Kier alpha value is -1.99. The number of benzene rings is 1. The number of aryl methyl sites for hydroxylation is 1. The van der Waals surface area contributed by atoms with E-state index in [1.54, 1.807) is 6.92 Å². The second-order valence-corrected chi connectivity index (χ2v) is 4.98. The van der Waals surface area contributed by atoms with Crippen LogP contribution in [0.4, 0.5) is 11.4 Å². The number of carbonyl (C=O) groups excluding carboxylic acids is 1. The molecule has 0 radical (unpaired) electrons. The van der Waals surface area contributed by atoms with Gasteiger partial charge in [0.1, 0.15) is 5.54 Å². The second-order valence-electron chi connectivity index (χ2n) is 4.98. The number of hydrogen-bond donors (Lipinski definition) is 2. The summed E-state index contributed by atoms with van der Waals surface area (Å²) in [6, 6.07) is 4.30. The summed E-state index contributed by atoms with van der Waals surface area (Å²) in [5.41, 5.74) is 6.30. The van der Waals surface area contributed by atoms with Crippen molar-refractivity contribution in [3.63, 3.8) is 0 Å². The average molecular weight is 279 g/mol. The lowest BCUT2D eigenvalue weighted by atomic mass is 9.90. The summed E-state index contributed by atoms with van der Waals surface area (Å²) in [7, 11) is 0. The van der Waals surface area contributed by atoms with Crippen LogP contribution in [0.15, 0.2) is 18.2 Å². The number of rotatable bonds is 3. The molecule has 0 spiro atoms. The number of hydrogen-bond acceptors (Lipinski definition) is 5.